The van der Waals surface area contributed by atoms with Gasteiger partial charge in [0.25, 0.3) is 11.7 Å². The van der Waals surface area contributed by atoms with Gasteiger partial charge in [-0.2, -0.15) is 0 Å². The summed E-state index contributed by atoms with van der Waals surface area (Å²) in [5, 5.41) is 3.47. The van der Waals surface area contributed by atoms with Crippen LogP contribution in [0, 0.1) is 12.8 Å². The smallest absolute Gasteiger partial charge is 0.299 e. The van der Waals surface area contributed by atoms with Crippen molar-refractivity contribution in [1.29, 1.82) is 0 Å². The number of amides is 1. The second kappa shape index (κ2) is 5.02. The number of fused-ring (bicyclic) bond motifs is 1. The summed E-state index contributed by atoms with van der Waals surface area (Å²) in [6.45, 7) is 5.56. The Morgan fingerprint density at radius 2 is 2.10 bits per heavy atom. The number of benzene rings is 1. The SMILES string of the molecule is Cc1cccc2c1N(CC(C)CNC1CC1)C(=O)C2=O. The van der Waals surface area contributed by atoms with Gasteiger partial charge in [-0.3, -0.25) is 9.59 Å². The zero-order valence-electron chi connectivity index (χ0n) is 12.0. The number of nitrogens with one attached hydrogen (secondary N) is 1. The summed E-state index contributed by atoms with van der Waals surface area (Å²) < 4.78 is 0. The first-order valence-electron chi connectivity index (χ1n) is 7.27. The van der Waals surface area contributed by atoms with Crippen LogP contribution < -0.4 is 10.2 Å². The van der Waals surface area contributed by atoms with Crippen molar-refractivity contribution in [3.8, 4) is 0 Å². The molecule has 0 aromatic heterocycles. The maximum absolute atomic E-state index is 12.2. The van der Waals surface area contributed by atoms with Gasteiger partial charge in [-0.1, -0.05) is 19.1 Å². The number of carbonyl (C=O) groups is 2. The predicted octanol–water partition coefficient (Wildman–Crippen LogP) is 1.91. The third-order valence-electron chi connectivity index (χ3n) is 4.02. The zero-order valence-corrected chi connectivity index (χ0v) is 12.0. The molecule has 0 radical (unpaired) electrons. The fraction of sp³-hybridized carbons (Fsp3) is 0.500. The van der Waals surface area contributed by atoms with Gasteiger partial charge in [0.15, 0.2) is 0 Å². The molecule has 4 heteroatoms. The molecule has 1 unspecified atom stereocenters. The largest absolute Gasteiger partial charge is 0.314 e. The van der Waals surface area contributed by atoms with Crippen molar-refractivity contribution in [3.63, 3.8) is 0 Å². The third-order valence-corrected chi connectivity index (χ3v) is 4.02. The molecule has 1 aromatic carbocycles. The molecule has 0 spiro atoms. The molecule has 1 fully saturated rings. The van der Waals surface area contributed by atoms with Gasteiger partial charge in [0.05, 0.1) is 11.3 Å². The van der Waals surface area contributed by atoms with Crippen LogP contribution in [-0.2, 0) is 4.79 Å². The van der Waals surface area contributed by atoms with Crippen LogP contribution >= 0.6 is 0 Å². The number of rotatable bonds is 5. The van der Waals surface area contributed by atoms with Gasteiger partial charge in [-0.25, -0.2) is 0 Å². The second-order valence-electron chi connectivity index (χ2n) is 6.00. The zero-order chi connectivity index (χ0) is 14.3. The molecule has 1 aliphatic carbocycles. The van der Waals surface area contributed by atoms with E-state index in [1.165, 1.54) is 12.8 Å². The molecular formula is C16H20N2O2. The number of Topliss-reactive ketones (excluding diaryl/α,β-unsaturated/α-hetero) is 1. The van der Waals surface area contributed by atoms with Crippen LogP contribution in [0.2, 0.25) is 0 Å². The highest BCUT2D eigenvalue weighted by molar-refractivity contribution is 6.52. The van der Waals surface area contributed by atoms with Crippen molar-refractivity contribution in [2.24, 2.45) is 5.92 Å². The van der Waals surface area contributed by atoms with Crippen LogP contribution in [0.3, 0.4) is 0 Å². The lowest BCUT2D eigenvalue weighted by atomic mass is 10.1. The number of hydrogen-bond donors (Lipinski definition) is 1. The number of ketones is 1. The molecule has 1 aromatic rings. The number of hydrogen-bond acceptors (Lipinski definition) is 3. The van der Waals surface area contributed by atoms with Crippen molar-refractivity contribution in [2.75, 3.05) is 18.0 Å². The summed E-state index contributed by atoms with van der Waals surface area (Å²) in [7, 11) is 0. The van der Waals surface area contributed by atoms with Crippen LogP contribution in [0.25, 0.3) is 0 Å². The number of anilines is 1. The Labute approximate surface area is 119 Å². The highest BCUT2D eigenvalue weighted by Gasteiger charge is 2.37. The Bertz CT molecular complexity index is 564. The van der Waals surface area contributed by atoms with Gasteiger partial charge in [0, 0.05) is 12.6 Å². The summed E-state index contributed by atoms with van der Waals surface area (Å²) in [5.41, 5.74) is 2.35. The maximum atomic E-state index is 12.2. The Morgan fingerprint density at radius 3 is 2.80 bits per heavy atom. The van der Waals surface area contributed by atoms with Crippen LogP contribution in [0.15, 0.2) is 18.2 Å². The van der Waals surface area contributed by atoms with Gasteiger partial charge >= 0.3 is 0 Å². The van der Waals surface area contributed by atoms with Crippen molar-refractivity contribution in [2.45, 2.75) is 32.7 Å². The predicted molar refractivity (Wildman–Crippen MR) is 78.1 cm³/mol. The molecule has 3 rings (SSSR count). The normalized spacial score (nSPS) is 19.4. The van der Waals surface area contributed by atoms with E-state index in [-0.39, 0.29) is 11.7 Å². The fourth-order valence-electron chi connectivity index (χ4n) is 2.75. The quantitative estimate of drug-likeness (QED) is 0.833. The molecule has 1 saturated carbocycles. The highest BCUT2D eigenvalue weighted by atomic mass is 16.2. The lowest BCUT2D eigenvalue weighted by Gasteiger charge is -2.22. The molecule has 20 heavy (non-hydrogen) atoms. The van der Waals surface area contributed by atoms with E-state index in [9.17, 15) is 9.59 Å². The molecular weight excluding hydrogens is 252 g/mol. The fourth-order valence-corrected chi connectivity index (χ4v) is 2.75. The summed E-state index contributed by atoms with van der Waals surface area (Å²) in [6.07, 6.45) is 2.52. The van der Waals surface area contributed by atoms with Crippen LogP contribution in [-0.4, -0.2) is 30.8 Å². The van der Waals surface area contributed by atoms with Crippen LogP contribution in [0.4, 0.5) is 5.69 Å². The summed E-state index contributed by atoms with van der Waals surface area (Å²) >= 11 is 0. The molecule has 1 atom stereocenters. The van der Waals surface area contributed by atoms with E-state index in [1.54, 1.807) is 11.0 Å². The Morgan fingerprint density at radius 1 is 1.35 bits per heavy atom. The minimum atomic E-state index is -0.382. The lowest BCUT2D eigenvalue weighted by Crippen LogP contribution is -2.37. The van der Waals surface area contributed by atoms with E-state index in [0.717, 1.165) is 17.8 Å². The van der Waals surface area contributed by atoms with E-state index >= 15 is 0 Å². The van der Waals surface area contributed by atoms with Gasteiger partial charge in [-0.15, -0.1) is 0 Å². The topological polar surface area (TPSA) is 49.4 Å². The highest BCUT2D eigenvalue weighted by Crippen LogP contribution is 2.32. The number of aryl methyl sites for hydroxylation is 1. The molecule has 1 heterocycles. The third kappa shape index (κ3) is 2.36. The Hall–Kier alpha value is -1.68. The molecule has 0 bridgehead atoms. The molecule has 1 aliphatic heterocycles. The average Bonchev–Trinajstić information content (AvgIpc) is 3.22. The van der Waals surface area contributed by atoms with Crippen molar-refractivity contribution >= 4 is 17.4 Å². The average molecular weight is 272 g/mol. The van der Waals surface area contributed by atoms with Crippen LogP contribution in [0.1, 0.15) is 35.7 Å². The van der Waals surface area contributed by atoms with E-state index in [0.29, 0.717) is 24.1 Å². The van der Waals surface area contributed by atoms with Gasteiger partial charge in [0.1, 0.15) is 0 Å². The van der Waals surface area contributed by atoms with Crippen molar-refractivity contribution in [3.05, 3.63) is 29.3 Å². The van der Waals surface area contributed by atoms with E-state index in [4.69, 9.17) is 0 Å². The first kappa shape index (κ1) is 13.3. The molecule has 4 nitrogen and oxygen atoms in total. The van der Waals surface area contributed by atoms with Crippen LogP contribution in [0.5, 0.6) is 0 Å². The summed E-state index contributed by atoms with van der Waals surface area (Å²) in [5.74, 6) is -0.420. The first-order chi connectivity index (χ1) is 9.58. The molecule has 106 valence electrons. The van der Waals surface area contributed by atoms with Crippen molar-refractivity contribution in [1.82, 2.24) is 5.32 Å². The molecule has 0 saturated heterocycles. The Kier molecular flexibility index (Phi) is 3.34. The number of nitrogens with zero attached hydrogens (tertiary/aromatic N) is 1. The van der Waals surface area contributed by atoms with Gasteiger partial charge in [-0.05, 0) is 43.9 Å². The van der Waals surface area contributed by atoms with Gasteiger partial charge < -0.3 is 10.2 Å². The summed E-state index contributed by atoms with van der Waals surface area (Å²) in [4.78, 5) is 25.8. The van der Waals surface area contributed by atoms with E-state index < -0.39 is 0 Å². The van der Waals surface area contributed by atoms with Gasteiger partial charge in [0.2, 0.25) is 0 Å². The minimum Gasteiger partial charge on any atom is -0.314 e. The van der Waals surface area contributed by atoms with E-state index in [2.05, 4.69) is 12.2 Å². The second-order valence-corrected chi connectivity index (χ2v) is 6.00. The number of para-hydroxylation sites is 1. The molecule has 2 aliphatic rings. The standard InChI is InChI=1S/C16H20N2O2/c1-10(8-17-12-6-7-12)9-18-14-11(2)4-3-5-13(14)15(19)16(18)20/h3-5,10,12,17H,6-9H2,1-2H3. The Balaban J connectivity index is 1.76. The maximum Gasteiger partial charge on any atom is 0.299 e. The molecule has 1 N–H and O–H groups in total. The number of carbonyl (C=O) groups excluding carboxylic acids is 2. The minimum absolute atomic E-state index is 0.331. The van der Waals surface area contributed by atoms with Crippen molar-refractivity contribution < 1.29 is 9.59 Å². The lowest BCUT2D eigenvalue weighted by molar-refractivity contribution is -0.114. The molecule has 1 amide bonds. The first-order valence-corrected chi connectivity index (χ1v) is 7.27. The monoisotopic (exact) mass is 272 g/mol. The van der Waals surface area contributed by atoms with E-state index in [1.807, 2.05) is 19.1 Å². The summed E-state index contributed by atoms with van der Waals surface area (Å²) in [6, 6.07) is 6.20.